The highest BCUT2D eigenvalue weighted by atomic mass is 32.2. The Morgan fingerprint density at radius 1 is 1.44 bits per heavy atom. The first-order valence-electron chi connectivity index (χ1n) is 5.75. The van der Waals surface area contributed by atoms with E-state index >= 15 is 0 Å². The first-order chi connectivity index (χ1) is 8.66. The topological polar surface area (TPSA) is 38.1 Å². The highest BCUT2D eigenvalue weighted by molar-refractivity contribution is 7.99. The second kappa shape index (κ2) is 6.02. The minimum absolute atomic E-state index is 0.249. The molecule has 0 radical (unpaired) electrons. The van der Waals surface area contributed by atoms with Crippen molar-refractivity contribution in [2.24, 2.45) is 0 Å². The quantitative estimate of drug-likeness (QED) is 0.899. The summed E-state index contributed by atoms with van der Waals surface area (Å²) in [6, 6.07) is 5.42. The Labute approximate surface area is 110 Å². The molecule has 3 nitrogen and oxygen atoms in total. The molecule has 1 heterocycles. The average molecular weight is 266 g/mol. The van der Waals surface area contributed by atoms with E-state index in [1.165, 1.54) is 24.1 Å². The van der Waals surface area contributed by atoms with Crippen molar-refractivity contribution in [1.29, 1.82) is 0 Å². The maximum absolute atomic E-state index is 13.8. The molecule has 1 aromatic carbocycles. The van der Waals surface area contributed by atoms with Crippen LogP contribution in [-0.4, -0.2) is 11.0 Å². The number of nitrogens with zero attached hydrogens (tertiary/aromatic N) is 1. The zero-order chi connectivity index (χ0) is 13.0. The van der Waals surface area contributed by atoms with Crippen LogP contribution in [0.2, 0.25) is 0 Å². The Hall–Kier alpha value is -1.33. The summed E-state index contributed by atoms with van der Waals surface area (Å²) < 4.78 is 19.0. The molecule has 18 heavy (non-hydrogen) atoms. The Kier molecular flexibility index (Phi) is 4.38. The van der Waals surface area contributed by atoms with E-state index in [0.717, 1.165) is 5.56 Å². The molecule has 0 unspecified atom stereocenters. The van der Waals surface area contributed by atoms with E-state index in [2.05, 4.69) is 24.1 Å². The fourth-order valence-corrected chi connectivity index (χ4v) is 2.30. The lowest BCUT2D eigenvalue weighted by atomic mass is 10.2. The van der Waals surface area contributed by atoms with Crippen molar-refractivity contribution < 1.29 is 8.81 Å². The molecule has 0 saturated carbocycles. The number of nitrogens with one attached hydrogen (secondary N) is 1. The van der Waals surface area contributed by atoms with Gasteiger partial charge in [0.25, 0.3) is 5.22 Å². The summed E-state index contributed by atoms with van der Waals surface area (Å²) >= 11 is 1.21. The lowest BCUT2D eigenvalue weighted by Gasteiger charge is -2.11. The molecule has 0 fully saturated rings. The van der Waals surface area contributed by atoms with E-state index in [-0.39, 0.29) is 5.82 Å². The molecule has 0 atom stereocenters. The standard InChI is InChI=1S/C13H15FN2OS/c1-9(2)16-8-10-4-3-5-11(14)12(10)18-13-15-6-7-17-13/h3-7,9,16H,8H2,1-2H3. The average Bonchev–Trinajstić information content (AvgIpc) is 2.82. The zero-order valence-electron chi connectivity index (χ0n) is 10.3. The molecule has 0 bridgehead atoms. The molecule has 1 N–H and O–H groups in total. The minimum atomic E-state index is -0.249. The summed E-state index contributed by atoms with van der Waals surface area (Å²) in [6.07, 6.45) is 3.03. The van der Waals surface area contributed by atoms with E-state index < -0.39 is 0 Å². The highest BCUT2D eigenvalue weighted by Crippen LogP contribution is 2.31. The molecule has 5 heteroatoms. The van der Waals surface area contributed by atoms with E-state index in [0.29, 0.717) is 22.7 Å². The zero-order valence-corrected chi connectivity index (χ0v) is 11.1. The monoisotopic (exact) mass is 266 g/mol. The largest absolute Gasteiger partial charge is 0.440 e. The normalized spacial score (nSPS) is 11.1. The van der Waals surface area contributed by atoms with Crippen molar-refractivity contribution in [1.82, 2.24) is 10.3 Å². The van der Waals surface area contributed by atoms with Gasteiger partial charge in [0.2, 0.25) is 0 Å². The van der Waals surface area contributed by atoms with Gasteiger partial charge in [-0.25, -0.2) is 9.37 Å². The van der Waals surface area contributed by atoms with E-state index in [4.69, 9.17) is 4.42 Å². The molecular weight excluding hydrogens is 251 g/mol. The smallest absolute Gasteiger partial charge is 0.260 e. The SMILES string of the molecule is CC(C)NCc1cccc(F)c1Sc1ncco1. The number of benzene rings is 1. The van der Waals surface area contributed by atoms with Crippen molar-refractivity contribution in [3.05, 3.63) is 42.0 Å². The van der Waals surface area contributed by atoms with Gasteiger partial charge >= 0.3 is 0 Å². The molecular formula is C13H15FN2OS. The van der Waals surface area contributed by atoms with Gasteiger partial charge in [0.1, 0.15) is 12.1 Å². The maximum atomic E-state index is 13.8. The van der Waals surface area contributed by atoms with Crippen LogP contribution in [0.4, 0.5) is 4.39 Å². The molecule has 2 rings (SSSR count). The number of rotatable bonds is 5. The fraction of sp³-hybridized carbons (Fsp3) is 0.308. The molecule has 0 saturated heterocycles. The molecule has 0 amide bonds. The maximum Gasteiger partial charge on any atom is 0.260 e. The summed E-state index contributed by atoms with van der Waals surface area (Å²) in [5.41, 5.74) is 0.909. The Balaban J connectivity index is 2.21. The molecule has 0 spiro atoms. The summed E-state index contributed by atoms with van der Waals surface area (Å²) in [7, 11) is 0. The van der Waals surface area contributed by atoms with Gasteiger partial charge in [0.15, 0.2) is 0 Å². The summed E-state index contributed by atoms with van der Waals surface area (Å²) in [6.45, 7) is 4.73. The second-order valence-electron chi connectivity index (χ2n) is 4.16. The van der Waals surface area contributed by atoms with Crippen molar-refractivity contribution in [3.8, 4) is 0 Å². The second-order valence-corrected chi connectivity index (χ2v) is 5.13. The lowest BCUT2D eigenvalue weighted by molar-refractivity contribution is 0.453. The number of aromatic nitrogens is 1. The van der Waals surface area contributed by atoms with Crippen molar-refractivity contribution in [2.45, 2.75) is 36.6 Å². The van der Waals surface area contributed by atoms with Crippen LogP contribution in [0.1, 0.15) is 19.4 Å². The number of halogens is 1. The Morgan fingerprint density at radius 2 is 2.28 bits per heavy atom. The van der Waals surface area contributed by atoms with E-state index in [9.17, 15) is 4.39 Å². The summed E-state index contributed by atoms with van der Waals surface area (Å²) in [5, 5.41) is 3.73. The van der Waals surface area contributed by atoms with Crippen LogP contribution in [0.15, 0.2) is 45.2 Å². The third-order valence-corrected chi connectivity index (χ3v) is 3.39. The number of oxazole rings is 1. The number of hydrogen-bond acceptors (Lipinski definition) is 4. The molecule has 1 aromatic heterocycles. The van der Waals surface area contributed by atoms with Crippen LogP contribution in [0.25, 0.3) is 0 Å². The van der Waals surface area contributed by atoms with Gasteiger partial charge in [-0.1, -0.05) is 26.0 Å². The fourth-order valence-electron chi connectivity index (χ4n) is 1.47. The van der Waals surface area contributed by atoms with E-state index in [1.807, 2.05) is 6.07 Å². The van der Waals surface area contributed by atoms with Crippen LogP contribution in [0.3, 0.4) is 0 Å². The molecule has 0 aliphatic heterocycles. The van der Waals surface area contributed by atoms with Crippen LogP contribution < -0.4 is 5.32 Å². The van der Waals surface area contributed by atoms with Crippen LogP contribution in [0, 0.1) is 5.82 Å². The van der Waals surface area contributed by atoms with Crippen LogP contribution in [0.5, 0.6) is 0 Å². The molecule has 96 valence electrons. The van der Waals surface area contributed by atoms with Gasteiger partial charge < -0.3 is 9.73 Å². The predicted molar refractivity (Wildman–Crippen MR) is 69.0 cm³/mol. The van der Waals surface area contributed by atoms with Gasteiger partial charge in [-0.15, -0.1) is 0 Å². The van der Waals surface area contributed by atoms with Crippen molar-refractivity contribution in [3.63, 3.8) is 0 Å². The first-order valence-corrected chi connectivity index (χ1v) is 6.56. The molecule has 0 aliphatic rings. The first kappa shape index (κ1) is 13.1. The van der Waals surface area contributed by atoms with Gasteiger partial charge in [-0.05, 0) is 23.4 Å². The molecule has 2 aromatic rings. The van der Waals surface area contributed by atoms with Crippen LogP contribution in [-0.2, 0) is 6.54 Å². The summed E-state index contributed by atoms with van der Waals surface area (Å²) in [4.78, 5) is 4.56. The van der Waals surface area contributed by atoms with Gasteiger partial charge in [-0.3, -0.25) is 0 Å². The van der Waals surface area contributed by atoms with Gasteiger partial charge in [-0.2, -0.15) is 0 Å². The van der Waals surface area contributed by atoms with Crippen molar-refractivity contribution in [2.75, 3.05) is 0 Å². The third-order valence-electron chi connectivity index (χ3n) is 2.35. The Morgan fingerprint density at radius 3 is 2.94 bits per heavy atom. The third kappa shape index (κ3) is 3.34. The van der Waals surface area contributed by atoms with E-state index in [1.54, 1.807) is 12.3 Å². The highest BCUT2D eigenvalue weighted by Gasteiger charge is 2.12. The predicted octanol–water partition coefficient (Wildman–Crippen LogP) is 3.46. The van der Waals surface area contributed by atoms with Gasteiger partial charge in [0.05, 0.1) is 11.1 Å². The summed E-state index contributed by atoms with van der Waals surface area (Å²) in [5.74, 6) is -0.249. The Bertz CT molecular complexity index is 500. The minimum Gasteiger partial charge on any atom is -0.440 e. The van der Waals surface area contributed by atoms with Crippen LogP contribution >= 0.6 is 11.8 Å². The molecule has 0 aliphatic carbocycles. The lowest BCUT2D eigenvalue weighted by Crippen LogP contribution is -2.22. The van der Waals surface area contributed by atoms with Gasteiger partial charge in [0, 0.05) is 12.6 Å². The van der Waals surface area contributed by atoms with Crippen molar-refractivity contribution >= 4 is 11.8 Å². The number of hydrogen-bond donors (Lipinski definition) is 1.